The number of nitrogens with one attached hydrogen (secondary N) is 2. The van der Waals surface area contributed by atoms with Gasteiger partial charge in [-0.1, -0.05) is 0 Å². The van der Waals surface area contributed by atoms with Crippen molar-refractivity contribution < 1.29 is 0 Å². The summed E-state index contributed by atoms with van der Waals surface area (Å²) in [6, 6.07) is 0. The van der Waals surface area contributed by atoms with Crippen LogP contribution in [0.25, 0.3) is 0 Å². The van der Waals surface area contributed by atoms with E-state index >= 15 is 0 Å². The van der Waals surface area contributed by atoms with Gasteiger partial charge < -0.3 is 10.6 Å². The third-order valence-corrected chi connectivity index (χ3v) is 5.49. The van der Waals surface area contributed by atoms with E-state index in [1.165, 1.54) is 9.75 Å². The summed E-state index contributed by atoms with van der Waals surface area (Å²) in [5, 5.41) is 8.93. The third kappa shape index (κ3) is 4.51. The number of rotatable bonds is 5. The molecule has 2 aromatic heterocycles. The van der Waals surface area contributed by atoms with E-state index < -0.39 is 0 Å². The Kier molecular flexibility index (Phi) is 5.90. The fourth-order valence-corrected chi connectivity index (χ4v) is 4.04. The van der Waals surface area contributed by atoms with Crippen molar-refractivity contribution in [3.63, 3.8) is 0 Å². The van der Waals surface area contributed by atoms with E-state index in [9.17, 15) is 0 Å². The quantitative estimate of drug-likeness (QED) is 0.650. The molecule has 22 heavy (non-hydrogen) atoms. The van der Waals surface area contributed by atoms with E-state index in [0.29, 0.717) is 0 Å². The van der Waals surface area contributed by atoms with Gasteiger partial charge in [-0.3, -0.25) is 4.99 Å². The van der Waals surface area contributed by atoms with E-state index in [0.717, 1.165) is 46.9 Å². The van der Waals surface area contributed by atoms with Crippen LogP contribution in [0.1, 0.15) is 31.2 Å². The Balaban J connectivity index is 1.80. The summed E-state index contributed by atoms with van der Waals surface area (Å²) in [6.07, 6.45) is 0.969. The minimum absolute atomic E-state index is 0.760. The lowest BCUT2D eigenvalue weighted by Crippen LogP contribution is -2.37. The fraction of sp³-hybridized carbons (Fsp3) is 0.533. The van der Waals surface area contributed by atoms with Gasteiger partial charge in [0.2, 0.25) is 0 Å². The van der Waals surface area contributed by atoms with Crippen LogP contribution in [0, 0.1) is 27.7 Å². The van der Waals surface area contributed by atoms with Crippen LogP contribution in [-0.4, -0.2) is 29.5 Å². The van der Waals surface area contributed by atoms with Gasteiger partial charge in [-0.25, -0.2) is 9.97 Å². The van der Waals surface area contributed by atoms with Gasteiger partial charge in [0.05, 0.1) is 27.9 Å². The zero-order valence-electron chi connectivity index (χ0n) is 13.8. The molecule has 0 saturated heterocycles. The second-order valence-corrected chi connectivity index (χ2v) is 7.66. The summed E-state index contributed by atoms with van der Waals surface area (Å²) in [7, 11) is 1.79. The van der Waals surface area contributed by atoms with E-state index in [4.69, 9.17) is 0 Å². The van der Waals surface area contributed by atoms with Crippen LogP contribution in [0.5, 0.6) is 0 Å². The molecule has 2 heterocycles. The topological polar surface area (TPSA) is 62.2 Å². The molecule has 2 aromatic rings. The van der Waals surface area contributed by atoms with Crippen molar-refractivity contribution >= 4 is 28.6 Å². The first-order valence-corrected chi connectivity index (χ1v) is 8.93. The molecule has 0 aliphatic carbocycles. The van der Waals surface area contributed by atoms with Gasteiger partial charge in [0, 0.05) is 29.8 Å². The number of guanidine groups is 1. The van der Waals surface area contributed by atoms with Gasteiger partial charge in [0.15, 0.2) is 5.96 Å². The number of hydrogen-bond acceptors (Lipinski definition) is 5. The largest absolute Gasteiger partial charge is 0.356 e. The minimum Gasteiger partial charge on any atom is -0.356 e. The zero-order valence-corrected chi connectivity index (χ0v) is 15.4. The standard InChI is InChI=1S/C15H23N5S2/c1-9-13(21-11(3)19-9)6-7-17-15(16-5)18-8-14-10(2)20-12(4)22-14/h6-8H2,1-5H3,(H2,16,17,18). The van der Waals surface area contributed by atoms with Crippen LogP contribution < -0.4 is 10.6 Å². The predicted molar refractivity (Wildman–Crippen MR) is 95.1 cm³/mol. The van der Waals surface area contributed by atoms with E-state index in [2.05, 4.69) is 39.4 Å². The molecule has 5 nitrogen and oxygen atoms in total. The Morgan fingerprint density at radius 2 is 1.55 bits per heavy atom. The highest BCUT2D eigenvalue weighted by Crippen LogP contribution is 2.17. The number of thiazole rings is 2. The molecule has 0 bridgehead atoms. The first kappa shape index (κ1) is 16.9. The summed E-state index contributed by atoms with van der Waals surface area (Å²) in [5.74, 6) is 0.823. The van der Waals surface area contributed by atoms with Crippen molar-refractivity contribution in [3.05, 3.63) is 31.2 Å². The van der Waals surface area contributed by atoms with E-state index in [1.807, 2.05) is 13.8 Å². The SMILES string of the molecule is CN=C(NCCc1sc(C)nc1C)NCc1sc(C)nc1C. The van der Waals surface area contributed by atoms with Crippen LogP contribution in [0.2, 0.25) is 0 Å². The van der Waals surface area contributed by atoms with Crippen molar-refractivity contribution in [1.29, 1.82) is 0 Å². The molecule has 0 atom stereocenters. The molecule has 0 unspecified atom stereocenters. The van der Waals surface area contributed by atoms with Crippen LogP contribution in [-0.2, 0) is 13.0 Å². The normalized spacial score (nSPS) is 11.8. The number of nitrogens with zero attached hydrogens (tertiary/aromatic N) is 3. The lowest BCUT2D eigenvalue weighted by molar-refractivity contribution is 0.798. The second-order valence-electron chi connectivity index (χ2n) is 5.09. The maximum Gasteiger partial charge on any atom is 0.191 e. The lowest BCUT2D eigenvalue weighted by atomic mass is 10.3. The van der Waals surface area contributed by atoms with Crippen LogP contribution in [0.4, 0.5) is 0 Å². The molecule has 0 fully saturated rings. The van der Waals surface area contributed by atoms with Crippen LogP contribution >= 0.6 is 22.7 Å². The van der Waals surface area contributed by atoms with E-state index in [1.54, 1.807) is 29.7 Å². The molecule has 7 heteroatoms. The highest BCUT2D eigenvalue weighted by Gasteiger charge is 2.07. The van der Waals surface area contributed by atoms with Gasteiger partial charge in [0.1, 0.15) is 0 Å². The molecule has 2 rings (SSSR count). The molecule has 0 amide bonds. The Labute approximate surface area is 139 Å². The number of aliphatic imine (C=N–C) groups is 1. The third-order valence-electron chi connectivity index (χ3n) is 3.28. The second kappa shape index (κ2) is 7.69. The van der Waals surface area contributed by atoms with Crippen molar-refractivity contribution in [3.8, 4) is 0 Å². The van der Waals surface area contributed by atoms with Gasteiger partial charge in [-0.15, -0.1) is 22.7 Å². The summed E-state index contributed by atoms with van der Waals surface area (Å²) < 4.78 is 0. The molecular formula is C15H23N5S2. The predicted octanol–water partition coefficient (Wildman–Crippen LogP) is 2.74. The highest BCUT2D eigenvalue weighted by atomic mass is 32.1. The molecule has 0 saturated carbocycles. The maximum absolute atomic E-state index is 4.46. The first-order chi connectivity index (χ1) is 10.5. The molecular weight excluding hydrogens is 314 g/mol. The van der Waals surface area contributed by atoms with Gasteiger partial charge in [-0.05, 0) is 27.7 Å². The minimum atomic E-state index is 0.760. The number of hydrogen-bond donors (Lipinski definition) is 2. The molecule has 2 N–H and O–H groups in total. The average Bonchev–Trinajstić information content (AvgIpc) is 2.95. The summed E-state index contributed by atoms with van der Waals surface area (Å²) >= 11 is 3.50. The number of aromatic nitrogens is 2. The zero-order chi connectivity index (χ0) is 16.1. The van der Waals surface area contributed by atoms with E-state index in [-0.39, 0.29) is 0 Å². The average molecular weight is 338 g/mol. The molecule has 120 valence electrons. The smallest absolute Gasteiger partial charge is 0.191 e. The fourth-order valence-electron chi connectivity index (χ4n) is 2.22. The number of aryl methyl sites for hydroxylation is 4. The summed E-state index contributed by atoms with van der Waals surface area (Å²) in [4.78, 5) is 15.8. The maximum atomic E-state index is 4.46. The Morgan fingerprint density at radius 1 is 0.955 bits per heavy atom. The Hall–Kier alpha value is -1.47. The van der Waals surface area contributed by atoms with Crippen molar-refractivity contribution in [2.45, 2.75) is 40.7 Å². The van der Waals surface area contributed by atoms with Crippen molar-refractivity contribution in [1.82, 2.24) is 20.6 Å². The Morgan fingerprint density at radius 3 is 2.05 bits per heavy atom. The Bertz CT molecular complexity index is 657. The van der Waals surface area contributed by atoms with Crippen molar-refractivity contribution in [2.24, 2.45) is 4.99 Å². The van der Waals surface area contributed by atoms with Gasteiger partial charge >= 0.3 is 0 Å². The van der Waals surface area contributed by atoms with Crippen molar-refractivity contribution in [2.75, 3.05) is 13.6 Å². The highest BCUT2D eigenvalue weighted by molar-refractivity contribution is 7.11. The molecule has 0 radical (unpaired) electrons. The monoisotopic (exact) mass is 337 g/mol. The summed E-state index contributed by atoms with van der Waals surface area (Å²) in [6.45, 7) is 9.81. The van der Waals surface area contributed by atoms with Gasteiger partial charge in [-0.2, -0.15) is 0 Å². The molecule has 0 spiro atoms. The summed E-state index contributed by atoms with van der Waals surface area (Å²) in [5.41, 5.74) is 2.24. The molecule has 0 aromatic carbocycles. The van der Waals surface area contributed by atoms with Crippen LogP contribution in [0.3, 0.4) is 0 Å². The lowest BCUT2D eigenvalue weighted by Gasteiger charge is -2.11. The van der Waals surface area contributed by atoms with Gasteiger partial charge in [0.25, 0.3) is 0 Å². The molecule has 0 aliphatic heterocycles. The first-order valence-electron chi connectivity index (χ1n) is 7.30. The van der Waals surface area contributed by atoms with Crippen LogP contribution in [0.15, 0.2) is 4.99 Å². The molecule has 0 aliphatic rings.